The zero-order valence-corrected chi connectivity index (χ0v) is 25.0. The lowest BCUT2D eigenvalue weighted by atomic mass is 9.50. The Morgan fingerprint density at radius 2 is 1.29 bits per heavy atom. The van der Waals surface area contributed by atoms with Crippen LogP contribution in [0.1, 0.15) is 99.1 Å². The molecule has 0 aliphatic rings. The van der Waals surface area contributed by atoms with Crippen LogP contribution in [-0.2, 0) is 5.41 Å². The molecule has 4 unspecified atom stereocenters. The van der Waals surface area contributed by atoms with Gasteiger partial charge >= 0.3 is 0 Å². The Labute approximate surface area is 220 Å². The van der Waals surface area contributed by atoms with Crippen LogP contribution >= 0.6 is 23.4 Å². The number of benzene rings is 2. The topological polar surface area (TPSA) is 0 Å². The van der Waals surface area contributed by atoms with E-state index in [1.165, 1.54) is 23.3 Å². The number of hydrogen-bond acceptors (Lipinski definition) is 1. The predicted octanol–water partition coefficient (Wildman–Crippen LogP) is 10.4. The number of rotatable bonds is 12. The fourth-order valence-corrected chi connectivity index (χ4v) is 7.14. The first-order valence-electron chi connectivity index (χ1n) is 13.1. The van der Waals surface area contributed by atoms with Crippen molar-refractivity contribution in [3.63, 3.8) is 0 Å². The minimum Gasteiger partial charge on any atom is -0.155 e. The van der Waals surface area contributed by atoms with Gasteiger partial charge in [0.25, 0.3) is 0 Å². The molecule has 0 heterocycles. The molecule has 2 aromatic carbocycles. The molecule has 190 valence electrons. The Morgan fingerprint density at radius 1 is 0.794 bits per heavy atom. The maximum atomic E-state index is 7.89. The highest BCUT2D eigenvalue weighted by atomic mass is 35.5. The van der Waals surface area contributed by atoms with Crippen molar-refractivity contribution in [1.82, 2.24) is 0 Å². The van der Waals surface area contributed by atoms with E-state index in [0.29, 0.717) is 5.92 Å². The van der Waals surface area contributed by atoms with E-state index < -0.39 is 4.87 Å². The molecule has 0 aromatic heterocycles. The van der Waals surface area contributed by atoms with Gasteiger partial charge in [0.2, 0.25) is 0 Å². The molecule has 2 rings (SSSR count). The second kappa shape index (κ2) is 11.4. The minimum atomic E-state index is -0.461. The molecule has 2 heteroatoms. The zero-order chi connectivity index (χ0) is 25.8. The lowest BCUT2D eigenvalue weighted by molar-refractivity contribution is 0.0606. The molecule has 0 saturated carbocycles. The maximum absolute atomic E-state index is 7.89. The molecule has 4 atom stereocenters. The summed E-state index contributed by atoms with van der Waals surface area (Å²) in [6.07, 6.45) is 2.28. The first-order valence-corrected chi connectivity index (χ1v) is 14.5. The fraction of sp³-hybridized carbons (Fsp3) is 0.625. The SMILES string of the molecule is CCC(C)CSC(C)(C)CC(c1ccccc1)C(C)(Cl)C(C)(C)C(C)(c1ccccc1)C(C)C. The summed E-state index contributed by atoms with van der Waals surface area (Å²) in [6, 6.07) is 22.0. The quantitative estimate of drug-likeness (QED) is 0.261. The maximum Gasteiger partial charge on any atom is 0.0546 e. The van der Waals surface area contributed by atoms with E-state index in [-0.39, 0.29) is 21.5 Å². The van der Waals surface area contributed by atoms with Crippen molar-refractivity contribution < 1.29 is 0 Å². The molecule has 0 aliphatic carbocycles. The average Bonchev–Trinajstić information content (AvgIpc) is 2.81. The normalized spacial score (nSPS) is 18.2. The van der Waals surface area contributed by atoms with Crippen molar-refractivity contribution in [3.8, 4) is 0 Å². The predicted molar refractivity (Wildman–Crippen MR) is 156 cm³/mol. The van der Waals surface area contributed by atoms with Crippen LogP contribution in [0, 0.1) is 17.3 Å². The monoisotopic (exact) mass is 500 g/mol. The summed E-state index contributed by atoms with van der Waals surface area (Å²) in [5, 5.41) is 0. The van der Waals surface area contributed by atoms with Crippen LogP contribution in [0.5, 0.6) is 0 Å². The molecule has 0 bridgehead atoms. The Bertz CT molecular complexity index is 868. The highest BCUT2D eigenvalue weighted by Gasteiger charge is 2.57. The summed E-state index contributed by atoms with van der Waals surface area (Å²) in [5.74, 6) is 2.60. The standard InChI is InChI=1S/C32H49ClS/c1-11-25(4)23-34-29(5,6)22-28(26-18-14-12-15-19-26)32(10,33)30(7,8)31(9,24(2)3)27-20-16-13-17-21-27/h12-21,24-25,28H,11,22-23H2,1-10H3. The Balaban J connectivity index is 2.58. The summed E-state index contributed by atoms with van der Waals surface area (Å²) >= 11 is 10.0. The van der Waals surface area contributed by atoms with E-state index in [1.54, 1.807) is 0 Å². The van der Waals surface area contributed by atoms with Gasteiger partial charge in [-0.1, -0.05) is 129 Å². The summed E-state index contributed by atoms with van der Waals surface area (Å²) in [5.41, 5.74) is 2.45. The molecule has 34 heavy (non-hydrogen) atoms. The number of alkyl halides is 1. The van der Waals surface area contributed by atoms with E-state index in [0.717, 1.165) is 12.3 Å². The van der Waals surface area contributed by atoms with E-state index in [2.05, 4.69) is 142 Å². The van der Waals surface area contributed by atoms with E-state index >= 15 is 0 Å². The van der Waals surface area contributed by atoms with Gasteiger partial charge in [-0.3, -0.25) is 0 Å². The van der Waals surface area contributed by atoms with Gasteiger partial charge in [0.05, 0.1) is 4.87 Å². The number of halogens is 1. The Morgan fingerprint density at radius 3 is 1.76 bits per heavy atom. The van der Waals surface area contributed by atoms with Crippen LogP contribution in [0.25, 0.3) is 0 Å². The molecule has 2 aromatic rings. The molecular formula is C32H49ClS. The van der Waals surface area contributed by atoms with Crippen molar-refractivity contribution in [2.75, 3.05) is 5.75 Å². The molecule has 0 amide bonds. The first kappa shape index (κ1) is 29.3. The Kier molecular flexibility index (Phi) is 9.85. The second-order valence-corrected chi connectivity index (χ2v) is 14.7. The van der Waals surface area contributed by atoms with E-state index in [1.807, 2.05) is 0 Å². The fourth-order valence-electron chi connectivity index (χ4n) is 5.49. The summed E-state index contributed by atoms with van der Waals surface area (Å²) in [7, 11) is 0. The molecule has 0 radical (unpaired) electrons. The summed E-state index contributed by atoms with van der Waals surface area (Å²) < 4.78 is 0.136. The summed E-state index contributed by atoms with van der Waals surface area (Å²) in [4.78, 5) is -0.461. The van der Waals surface area contributed by atoms with Gasteiger partial charge in [-0.25, -0.2) is 0 Å². The van der Waals surface area contributed by atoms with Crippen LogP contribution in [0.4, 0.5) is 0 Å². The van der Waals surface area contributed by atoms with Crippen molar-refractivity contribution in [2.45, 2.75) is 103 Å². The molecule has 0 nitrogen and oxygen atoms in total. The first-order chi connectivity index (χ1) is 15.7. The molecule has 0 saturated heterocycles. The largest absolute Gasteiger partial charge is 0.155 e. The van der Waals surface area contributed by atoms with Crippen LogP contribution in [-0.4, -0.2) is 15.4 Å². The van der Waals surface area contributed by atoms with Crippen molar-refractivity contribution in [2.24, 2.45) is 17.3 Å². The van der Waals surface area contributed by atoms with Gasteiger partial charge in [0.1, 0.15) is 0 Å². The third kappa shape index (κ3) is 6.07. The summed E-state index contributed by atoms with van der Waals surface area (Å²) in [6.45, 7) is 23.7. The highest BCUT2D eigenvalue weighted by Crippen LogP contribution is 2.60. The number of hydrogen-bond donors (Lipinski definition) is 0. The van der Waals surface area contributed by atoms with E-state index in [4.69, 9.17) is 11.6 Å². The third-order valence-electron chi connectivity index (χ3n) is 9.06. The molecule has 0 spiro atoms. The van der Waals surface area contributed by atoms with E-state index in [9.17, 15) is 0 Å². The van der Waals surface area contributed by atoms with Gasteiger partial charge in [-0.2, -0.15) is 11.8 Å². The smallest absolute Gasteiger partial charge is 0.0546 e. The molecule has 0 aliphatic heterocycles. The highest BCUT2D eigenvalue weighted by molar-refractivity contribution is 8.00. The van der Waals surface area contributed by atoms with Crippen LogP contribution < -0.4 is 0 Å². The van der Waals surface area contributed by atoms with Gasteiger partial charge in [0, 0.05) is 16.1 Å². The van der Waals surface area contributed by atoms with Crippen molar-refractivity contribution in [1.29, 1.82) is 0 Å². The average molecular weight is 501 g/mol. The van der Waals surface area contributed by atoms with Crippen molar-refractivity contribution in [3.05, 3.63) is 71.8 Å². The molecule has 0 N–H and O–H groups in total. The lowest BCUT2D eigenvalue weighted by Gasteiger charge is -2.58. The molecular weight excluding hydrogens is 452 g/mol. The van der Waals surface area contributed by atoms with Crippen LogP contribution in [0.2, 0.25) is 0 Å². The second-order valence-electron chi connectivity index (χ2n) is 12.2. The van der Waals surface area contributed by atoms with Crippen LogP contribution in [0.15, 0.2) is 60.7 Å². The van der Waals surface area contributed by atoms with Gasteiger partial charge in [-0.15, -0.1) is 11.6 Å². The van der Waals surface area contributed by atoms with Gasteiger partial charge in [0.15, 0.2) is 0 Å². The minimum absolute atomic E-state index is 0.0915. The van der Waals surface area contributed by atoms with Gasteiger partial charge < -0.3 is 0 Å². The Hall–Kier alpha value is -0.920. The van der Waals surface area contributed by atoms with Crippen molar-refractivity contribution >= 4 is 23.4 Å². The number of thioether (sulfide) groups is 1. The third-order valence-corrected chi connectivity index (χ3v) is 11.5. The zero-order valence-electron chi connectivity index (χ0n) is 23.4. The lowest BCUT2D eigenvalue weighted by Crippen LogP contribution is -2.57. The molecule has 0 fully saturated rings. The van der Waals surface area contributed by atoms with Crippen LogP contribution in [0.3, 0.4) is 0 Å². The van der Waals surface area contributed by atoms with Gasteiger partial charge in [-0.05, 0) is 47.5 Å².